The van der Waals surface area contributed by atoms with Gasteiger partial charge in [-0.2, -0.15) is 5.26 Å². The van der Waals surface area contributed by atoms with Crippen LogP contribution in [-0.4, -0.2) is 13.9 Å². The van der Waals surface area contributed by atoms with E-state index in [1.807, 2.05) is 0 Å². The standard InChI is InChI=1S/C15H25NOSi/c1-6-15(7-2,14(13-16)11-12-14)17-18(8-3,9-4)10-5/h1H,7-12H2,2-5H3/t15-/m0/s1. The number of rotatable bonds is 7. The molecule has 0 aromatic heterocycles. The van der Waals surface area contributed by atoms with Gasteiger partial charge >= 0.3 is 0 Å². The molecule has 18 heavy (non-hydrogen) atoms. The lowest BCUT2D eigenvalue weighted by atomic mass is 9.84. The van der Waals surface area contributed by atoms with Gasteiger partial charge in [0.2, 0.25) is 0 Å². The molecule has 0 bridgehead atoms. The Morgan fingerprint density at radius 2 is 1.72 bits per heavy atom. The first kappa shape index (κ1) is 15.3. The summed E-state index contributed by atoms with van der Waals surface area (Å²) in [5.74, 6) is 2.87. The summed E-state index contributed by atoms with van der Waals surface area (Å²) in [7, 11) is -1.77. The average molecular weight is 263 g/mol. The Hall–Kier alpha value is -0.773. The highest BCUT2D eigenvalue weighted by molar-refractivity contribution is 6.73. The van der Waals surface area contributed by atoms with Crippen LogP contribution in [0.2, 0.25) is 18.1 Å². The van der Waals surface area contributed by atoms with E-state index in [2.05, 4.69) is 39.7 Å². The van der Waals surface area contributed by atoms with Crippen LogP contribution in [0.15, 0.2) is 0 Å². The molecule has 0 saturated heterocycles. The second kappa shape index (κ2) is 5.47. The van der Waals surface area contributed by atoms with Gasteiger partial charge < -0.3 is 4.43 Å². The SMILES string of the molecule is C#C[C@@](CC)(O[Si](CC)(CC)CC)C1(C#N)CC1. The monoisotopic (exact) mass is 263 g/mol. The molecule has 1 aliphatic rings. The molecule has 3 heteroatoms. The predicted molar refractivity (Wildman–Crippen MR) is 77.4 cm³/mol. The molecule has 1 atom stereocenters. The fourth-order valence-corrected chi connectivity index (χ4v) is 5.92. The minimum absolute atomic E-state index is 0.408. The fourth-order valence-electron chi connectivity index (χ4n) is 2.84. The van der Waals surface area contributed by atoms with Crippen molar-refractivity contribution in [2.45, 2.75) is 70.7 Å². The number of terminal acetylenes is 1. The zero-order chi connectivity index (χ0) is 13.9. The molecule has 0 aromatic rings. The van der Waals surface area contributed by atoms with Crippen LogP contribution in [0.5, 0.6) is 0 Å². The van der Waals surface area contributed by atoms with Crippen LogP contribution in [0.3, 0.4) is 0 Å². The van der Waals surface area contributed by atoms with E-state index in [1.165, 1.54) is 0 Å². The van der Waals surface area contributed by atoms with E-state index in [0.717, 1.165) is 37.4 Å². The number of hydrogen-bond acceptors (Lipinski definition) is 2. The first-order valence-electron chi connectivity index (χ1n) is 7.12. The van der Waals surface area contributed by atoms with Crippen LogP contribution in [0.1, 0.15) is 47.0 Å². The van der Waals surface area contributed by atoms with Crippen LogP contribution in [0.4, 0.5) is 0 Å². The highest BCUT2D eigenvalue weighted by Crippen LogP contribution is 2.57. The van der Waals surface area contributed by atoms with Crippen LogP contribution in [-0.2, 0) is 4.43 Å². The first-order chi connectivity index (χ1) is 8.53. The summed E-state index contributed by atoms with van der Waals surface area (Å²) in [6, 6.07) is 5.67. The molecular weight excluding hydrogens is 238 g/mol. The molecule has 0 aliphatic heterocycles. The number of nitriles is 1. The van der Waals surface area contributed by atoms with E-state index < -0.39 is 19.3 Å². The Morgan fingerprint density at radius 3 is 1.94 bits per heavy atom. The number of hydrogen-bond donors (Lipinski definition) is 0. The van der Waals surface area contributed by atoms with E-state index in [0.29, 0.717) is 0 Å². The molecule has 0 radical (unpaired) electrons. The predicted octanol–water partition coefficient (Wildman–Crippen LogP) is 4.09. The minimum Gasteiger partial charge on any atom is -0.399 e. The van der Waals surface area contributed by atoms with Crippen molar-refractivity contribution in [3.05, 3.63) is 0 Å². The van der Waals surface area contributed by atoms with Crippen LogP contribution < -0.4 is 0 Å². The van der Waals surface area contributed by atoms with Crippen molar-refractivity contribution < 1.29 is 4.43 Å². The first-order valence-corrected chi connectivity index (χ1v) is 9.65. The molecule has 1 aliphatic carbocycles. The lowest BCUT2D eigenvalue weighted by Crippen LogP contribution is -2.51. The molecule has 1 rings (SSSR count). The highest BCUT2D eigenvalue weighted by Gasteiger charge is 2.61. The van der Waals surface area contributed by atoms with Gasteiger partial charge in [-0.15, -0.1) is 6.42 Å². The van der Waals surface area contributed by atoms with Crippen molar-refractivity contribution >= 4 is 8.32 Å². The van der Waals surface area contributed by atoms with E-state index in [4.69, 9.17) is 10.8 Å². The molecule has 0 aromatic carbocycles. The highest BCUT2D eigenvalue weighted by atomic mass is 28.4. The maximum Gasteiger partial charge on any atom is 0.194 e. The lowest BCUT2D eigenvalue weighted by Gasteiger charge is -2.41. The van der Waals surface area contributed by atoms with Crippen molar-refractivity contribution in [2.75, 3.05) is 0 Å². The Balaban J connectivity index is 3.09. The molecule has 0 N–H and O–H groups in total. The molecular formula is C15H25NOSi. The van der Waals surface area contributed by atoms with Crippen LogP contribution >= 0.6 is 0 Å². The van der Waals surface area contributed by atoms with Gasteiger partial charge in [0, 0.05) is 0 Å². The summed E-state index contributed by atoms with van der Waals surface area (Å²) >= 11 is 0. The molecule has 1 fully saturated rings. The maximum atomic E-state index is 9.46. The van der Waals surface area contributed by atoms with Crippen molar-refractivity contribution in [3.63, 3.8) is 0 Å². The zero-order valence-electron chi connectivity index (χ0n) is 12.2. The van der Waals surface area contributed by atoms with Gasteiger partial charge in [0.15, 0.2) is 8.32 Å². The summed E-state index contributed by atoms with van der Waals surface area (Å²) in [6.07, 6.45) is 8.31. The van der Waals surface area contributed by atoms with Crippen molar-refractivity contribution in [1.82, 2.24) is 0 Å². The van der Waals surface area contributed by atoms with E-state index in [1.54, 1.807) is 0 Å². The summed E-state index contributed by atoms with van der Waals surface area (Å²) in [6.45, 7) is 8.64. The summed E-state index contributed by atoms with van der Waals surface area (Å²) in [5.41, 5.74) is -1.05. The molecule has 0 amide bonds. The largest absolute Gasteiger partial charge is 0.399 e. The third kappa shape index (κ3) is 2.22. The minimum atomic E-state index is -1.77. The maximum absolute atomic E-state index is 9.46. The second-order valence-corrected chi connectivity index (χ2v) is 10.1. The Morgan fingerprint density at radius 1 is 1.22 bits per heavy atom. The molecule has 100 valence electrons. The third-order valence-corrected chi connectivity index (χ3v) is 9.44. The molecule has 0 unspecified atom stereocenters. The average Bonchev–Trinajstić information content (AvgIpc) is 3.23. The third-order valence-electron chi connectivity index (χ3n) is 4.79. The second-order valence-electron chi connectivity index (χ2n) is 5.36. The van der Waals surface area contributed by atoms with E-state index in [9.17, 15) is 5.26 Å². The van der Waals surface area contributed by atoms with Gasteiger partial charge in [-0.1, -0.05) is 33.6 Å². The van der Waals surface area contributed by atoms with Gasteiger partial charge in [-0.3, -0.25) is 0 Å². The summed E-state index contributed by atoms with van der Waals surface area (Å²) in [4.78, 5) is 0. The van der Waals surface area contributed by atoms with Gasteiger partial charge in [0.1, 0.15) is 5.60 Å². The molecule has 0 heterocycles. The zero-order valence-corrected chi connectivity index (χ0v) is 13.2. The Labute approximate surface area is 113 Å². The van der Waals surface area contributed by atoms with Crippen LogP contribution in [0.25, 0.3) is 0 Å². The van der Waals surface area contributed by atoms with E-state index in [-0.39, 0.29) is 0 Å². The van der Waals surface area contributed by atoms with Crippen molar-refractivity contribution in [2.24, 2.45) is 5.41 Å². The Bertz CT molecular complexity index is 363. The van der Waals surface area contributed by atoms with Crippen LogP contribution in [0, 0.1) is 29.1 Å². The molecule has 0 spiro atoms. The molecule has 2 nitrogen and oxygen atoms in total. The van der Waals surface area contributed by atoms with Crippen molar-refractivity contribution in [1.29, 1.82) is 5.26 Å². The van der Waals surface area contributed by atoms with Gasteiger partial charge in [0.25, 0.3) is 0 Å². The van der Waals surface area contributed by atoms with Gasteiger partial charge in [0.05, 0.1) is 11.5 Å². The normalized spacial score (nSPS) is 20.6. The van der Waals surface area contributed by atoms with E-state index >= 15 is 0 Å². The smallest absolute Gasteiger partial charge is 0.194 e. The molecule has 1 saturated carbocycles. The topological polar surface area (TPSA) is 33.0 Å². The number of nitrogens with zero attached hydrogens (tertiary/aromatic N) is 1. The Kier molecular flexibility index (Phi) is 4.64. The quantitative estimate of drug-likeness (QED) is 0.512. The fraction of sp³-hybridized carbons (Fsp3) is 0.800. The van der Waals surface area contributed by atoms with Gasteiger partial charge in [-0.25, -0.2) is 0 Å². The van der Waals surface area contributed by atoms with Gasteiger partial charge in [-0.05, 0) is 37.4 Å². The van der Waals surface area contributed by atoms with Crippen molar-refractivity contribution in [3.8, 4) is 18.4 Å². The summed E-state index contributed by atoms with van der Waals surface area (Å²) in [5, 5.41) is 9.46. The lowest BCUT2D eigenvalue weighted by molar-refractivity contribution is 0.0597. The summed E-state index contributed by atoms with van der Waals surface area (Å²) < 4.78 is 6.57.